The van der Waals surface area contributed by atoms with Crippen molar-refractivity contribution in [2.45, 2.75) is 33.2 Å². The van der Waals surface area contributed by atoms with Gasteiger partial charge >= 0.3 is 0 Å². The number of carbonyl (C=O) groups is 1. The highest BCUT2D eigenvalue weighted by molar-refractivity contribution is 7.80. The van der Waals surface area contributed by atoms with E-state index in [0.717, 1.165) is 5.56 Å². The third-order valence-corrected chi connectivity index (χ3v) is 4.68. The quantitative estimate of drug-likeness (QED) is 0.846. The average molecular weight is 313 g/mol. The van der Waals surface area contributed by atoms with Crippen molar-refractivity contribution in [1.82, 2.24) is 4.90 Å². The average Bonchev–Trinajstić information content (AvgIpc) is 2.44. The maximum Gasteiger partial charge on any atom is 0.235 e. The Labute approximate surface area is 131 Å². The van der Waals surface area contributed by atoms with Gasteiger partial charge in [0, 0.05) is 12.1 Å². The molecular formula is C15H21ClN2OS. The molecule has 5 heteroatoms. The molecule has 0 saturated carbocycles. The van der Waals surface area contributed by atoms with Crippen LogP contribution in [0.5, 0.6) is 0 Å². The van der Waals surface area contributed by atoms with Crippen molar-refractivity contribution in [3.63, 3.8) is 0 Å². The smallest absolute Gasteiger partial charge is 0.235 e. The molecule has 0 aliphatic heterocycles. The molecule has 0 aromatic heterocycles. The zero-order valence-electron chi connectivity index (χ0n) is 12.3. The zero-order chi connectivity index (χ0) is 15.5. The van der Waals surface area contributed by atoms with Gasteiger partial charge in [-0.15, -0.1) is 0 Å². The van der Waals surface area contributed by atoms with Gasteiger partial charge in [-0.05, 0) is 38.0 Å². The Bertz CT molecular complexity index is 503. The summed E-state index contributed by atoms with van der Waals surface area (Å²) in [6.07, 6.45) is 0.582. The number of thiocarbonyl (C=S) groups is 1. The van der Waals surface area contributed by atoms with Crippen molar-refractivity contribution in [3.8, 4) is 0 Å². The molecule has 1 amide bonds. The van der Waals surface area contributed by atoms with Gasteiger partial charge in [-0.3, -0.25) is 4.79 Å². The van der Waals surface area contributed by atoms with Crippen LogP contribution in [0, 0.1) is 5.41 Å². The van der Waals surface area contributed by atoms with E-state index in [2.05, 4.69) is 0 Å². The minimum atomic E-state index is -0.801. The van der Waals surface area contributed by atoms with Crippen LogP contribution in [0.4, 0.5) is 0 Å². The lowest BCUT2D eigenvalue weighted by molar-refractivity contribution is -0.138. The lowest BCUT2D eigenvalue weighted by Gasteiger charge is -2.34. The van der Waals surface area contributed by atoms with Crippen molar-refractivity contribution in [1.29, 1.82) is 0 Å². The van der Waals surface area contributed by atoms with Crippen molar-refractivity contribution in [3.05, 3.63) is 34.9 Å². The summed E-state index contributed by atoms with van der Waals surface area (Å²) < 4.78 is 0. The molecule has 1 rings (SSSR count). The lowest BCUT2D eigenvalue weighted by atomic mass is 9.85. The largest absolute Gasteiger partial charge is 0.392 e. The monoisotopic (exact) mass is 312 g/mol. The number of hydrogen-bond donors (Lipinski definition) is 1. The van der Waals surface area contributed by atoms with Gasteiger partial charge in [0.25, 0.3) is 0 Å². The molecule has 1 aromatic carbocycles. The van der Waals surface area contributed by atoms with E-state index in [1.165, 1.54) is 0 Å². The standard InChI is InChI=1S/C15H21ClN2OS/c1-5-15(3,13(17)20)14(19)18(4)10(2)11-6-8-12(16)9-7-11/h6-10H,5H2,1-4H3,(H2,17,20). The maximum absolute atomic E-state index is 12.7. The molecular weight excluding hydrogens is 292 g/mol. The van der Waals surface area contributed by atoms with Gasteiger partial charge in [0.15, 0.2) is 0 Å². The van der Waals surface area contributed by atoms with Crippen LogP contribution < -0.4 is 5.73 Å². The fourth-order valence-corrected chi connectivity index (χ4v) is 2.32. The van der Waals surface area contributed by atoms with Gasteiger partial charge in [-0.25, -0.2) is 0 Å². The molecule has 0 spiro atoms. The van der Waals surface area contributed by atoms with E-state index in [4.69, 9.17) is 29.6 Å². The highest BCUT2D eigenvalue weighted by atomic mass is 35.5. The third kappa shape index (κ3) is 3.30. The van der Waals surface area contributed by atoms with Gasteiger partial charge in [-0.1, -0.05) is 42.9 Å². The number of halogens is 1. The highest BCUT2D eigenvalue weighted by Gasteiger charge is 2.38. The Morgan fingerprint density at radius 3 is 2.35 bits per heavy atom. The molecule has 2 atom stereocenters. The topological polar surface area (TPSA) is 46.3 Å². The molecule has 0 heterocycles. The van der Waals surface area contributed by atoms with Gasteiger partial charge in [0.05, 0.1) is 16.4 Å². The van der Waals surface area contributed by atoms with Gasteiger partial charge < -0.3 is 10.6 Å². The Kier molecular flexibility index (Phi) is 5.54. The predicted molar refractivity (Wildman–Crippen MR) is 87.8 cm³/mol. The minimum absolute atomic E-state index is 0.0602. The molecule has 110 valence electrons. The number of nitrogens with two attached hydrogens (primary N) is 1. The number of carbonyl (C=O) groups excluding carboxylic acids is 1. The number of benzene rings is 1. The van der Waals surface area contributed by atoms with E-state index in [0.29, 0.717) is 11.4 Å². The zero-order valence-corrected chi connectivity index (χ0v) is 13.9. The predicted octanol–water partition coefficient (Wildman–Crippen LogP) is 3.56. The molecule has 20 heavy (non-hydrogen) atoms. The number of hydrogen-bond acceptors (Lipinski definition) is 2. The number of rotatable bonds is 5. The second kappa shape index (κ2) is 6.55. The molecule has 0 bridgehead atoms. The van der Waals surface area contributed by atoms with Crippen molar-refractivity contribution >= 4 is 34.7 Å². The van der Waals surface area contributed by atoms with Crippen LogP contribution in [0.25, 0.3) is 0 Å². The summed E-state index contributed by atoms with van der Waals surface area (Å²) >= 11 is 10.9. The van der Waals surface area contributed by atoms with Crippen molar-refractivity contribution < 1.29 is 4.79 Å². The van der Waals surface area contributed by atoms with E-state index in [-0.39, 0.29) is 16.9 Å². The summed E-state index contributed by atoms with van der Waals surface area (Å²) in [6.45, 7) is 5.68. The Morgan fingerprint density at radius 2 is 1.95 bits per heavy atom. The molecule has 1 aromatic rings. The van der Waals surface area contributed by atoms with E-state index in [1.807, 2.05) is 38.1 Å². The van der Waals surface area contributed by atoms with Crippen molar-refractivity contribution in [2.75, 3.05) is 7.05 Å². The lowest BCUT2D eigenvalue weighted by Crippen LogP contribution is -2.47. The molecule has 0 aliphatic rings. The minimum Gasteiger partial charge on any atom is -0.392 e. The molecule has 2 unspecified atom stereocenters. The first kappa shape index (κ1) is 16.9. The van der Waals surface area contributed by atoms with Crippen LogP contribution in [0.2, 0.25) is 5.02 Å². The van der Waals surface area contributed by atoms with Crippen LogP contribution >= 0.6 is 23.8 Å². The van der Waals surface area contributed by atoms with Crippen LogP contribution in [-0.4, -0.2) is 22.8 Å². The highest BCUT2D eigenvalue weighted by Crippen LogP contribution is 2.29. The summed E-state index contributed by atoms with van der Waals surface area (Å²) in [5.74, 6) is -0.0602. The number of amides is 1. The molecule has 2 N–H and O–H groups in total. The SMILES string of the molecule is CCC(C)(C(=O)N(C)C(C)c1ccc(Cl)cc1)C(N)=S. The molecule has 3 nitrogen and oxygen atoms in total. The summed E-state index contributed by atoms with van der Waals surface area (Å²) in [6, 6.07) is 7.40. The molecule has 0 fully saturated rings. The van der Waals surface area contributed by atoms with Crippen LogP contribution in [0.1, 0.15) is 38.8 Å². The van der Waals surface area contributed by atoms with Crippen LogP contribution in [-0.2, 0) is 4.79 Å². The van der Waals surface area contributed by atoms with Crippen molar-refractivity contribution in [2.24, 2.45) is 11.1 Å². The van der Waals surface area contributed by atoms with E-state index in [9.17, 15) is 4.79 Å². The fraction of sp³-hybridized carbons (Fsp3) is 0.467. The first-order valence-electron chi connectivity index (χ1n) is 6.56. The normalized spacial score (nSPS) is 15.2. The van der Waals surface area contributed by atoms with E-state index in [1.54, 1.807) is 18.9 Å². The number of nitrogens with zero attached hydrogens (tertiary/aromatic N) is 1. The Hall–Kier alpha value is -1.13. The Morgan fingerprint density at radius 1 is 1.45 bits per heavy atom. The maximum atomic E-state index is 12.7. The van der Waals surface area contributed by atoms with Crippen LogP contribution in [0.15, 0.2) is 24.3 Å². The molecule has 0 saturated heterocycles. The first-order chi connectivity index (χ1) is 9.24. The summed E-state index contributed by atoms with van der Waals surface area (Å²) in [5, 5.41) is 0.677. The van der Waals surface area contributed by atoms with Gasteiger partial charge in [0.1, 0.15) is 0 Å². The second-order valence-corrected chi connectivity index (χ2v) is 6.07. The fourth-order valence-electron chi connectivity index (χ4n) is 1.96. The summed E-state index contributed by atoms with van der Waals surface area (Å²) in [7, 11) is 1.77. The molecule has 0 aliphatic carbocycles. The van der Waals surface area contributed by atoms with Crippen LogP contribution in [0.3, 0.4) is 0 Å². The summed E-state index contributed by atoms with van der Waals surface area (Å²) in [4.78, 5) is 14.6. The van der Waals surface area contributed by atoms with Gasteiger partial charge in [-0.2, -0.15) is 0 Å². The molecule has 0 radical (unpaired) electrons. The van der Waals surface area contributed by atoms with E-state index >= 15 is 0 Å². The summed E-state index contributed by atoms with van der Waals surface area (Å²) in [5.41, 5.74) is 5.96. The Balaban J connectivity index is 2.99. The second-order valence-electron chi connectivity index (χ2n) is 5.19. The van der Waals surface area contributed by atoms with E-state index < -0.39 is 5.41 Å². The first-order valence-corrected chi connectivity index (χ1v) is 7.35. The van der Waals surface area contributed by atoms with Gasteiger partial charge in [0.2, 0.25) is 5.91 Å². The third-order valence-electron chi connectivity index (χ3n) is 3.98.